The smallest absolute Gasteiger partial charge is 0.0438 e. The number of rotatable bonds is 2. The van der Waals surface area contributed by atoms with Crippen molar-refractivity contribution in [3.8, 4) is 0 Å². The molecule has 0 aliphatic carbocycles. The fourth-order valence-corrected chi connectivity index (χ4v) is 2.42. The van der Waals surface area contributed by atoms with Gasteiger partial charge in [-0.2, -0.15) is 0 Å². The van der Waals surface area contributed by atoms with Crippen LogP contribution in [0.1, 0.15) is 31.2 Å². The standard InChI is InChI=1S/C13H18ClN/c14-13-8-4-3-6-11(13)10-12-7-2-1-5-9-15-12/h3-4,6,8,12,15H,1-2,5,7,9-10H2/t12-/m1/s1. The van der Waals surface area contributed by atoms with Gasteiger partial charge >= 0.3 is 0 Å². The molecule has 2 heteroatoms. The van der Waals surface area contributed by atoms with Crippen molar-refractivity contribution in [2.75, 3.05) is 6.54 Å². The van der Waals surface area contributed by atoms with E-state index in [1.165, 1.54) is 31.2 Å². The van der Waals surface area contributed by atoms with E-state index < -0.39 is 0 Å². The Morgan fingerprint density at radius 3 is 2.93 bits per heavy atom. The maximum atomic E-state index is 6.16. The first-order valence-electron chi connectivity index (χ1n) is 5.83. The Kier molecular flexibility index (Phi) is 4.04. The van der Waals surface area contributed by atoms with Gasteiger partial charge in [0.2, 0.25) is 0 Å². The van der Waals surface area contributed by atoms with Crippen LogP contribution in [0.2, 0.25) is 5.02 Å². The van der Waals surface area contributed by atoms with Gasteiger partial charge in [0.15, 0.2) is 0 Å². The molecule has 0 saturated carbocycles. The molecule has 1 atom stereocenters. The van der Waals surface area contributed by atoms with E-state index in [2.05, 4.69) is 17.4 Å². The SMILES string of the molecule is Clc1ccccc1C[C@H]1CCCCCN1. The molecule has 15 heavy (non-hydrogen) atoms. The van der Waals surface area contributed by atoms with Crippen LogP contribution in [0.3, 0.4) is 0 Å². The summed E-state index contributed by atoms with van der Waals surface area (Å²) in [5.41, 5.74) is 1.28. The summed E-state index contributed by atoms with van der Waals surface area (Å²) < 4.78 is 0. The lowest BCUT2D eigenvalue weighted by molar-refractivity contribution is 0.507. The first-order chi connectivity index (χ1) is 7.36. The van der Waals surface area contributed by atoms with E-state index in [0.717, 1.165) is 18.0 Å². The second kappa shape index (κ2) is 5.53. The van der Waals surface area contributed by atoms with Gasteiger partial charge in [-0.3, -0.25) is 0 Å². The van der Waals surface area contributed by atoms with E-state index in [1.54, 1.807) is 0 Å². The van der Waals surface area contributed by atoms with Gasteiger partial charge in [-0.15, -0.1) is 0 Å². The van der Waals surface area contributed by atoms with Crippen molar-refractivity contribution in [1.29, 1.82) is 0 Å². The summed E-state index contributed by atoms with van der Waals surface area (Å²) in [7, 11) is 0. The maximum absolute atomic E-state index is 6.16. The van der Waals surface area contributed by atoms with Gasteiger partial charge < -0.3 is 5.32 Å². The predicted molar refractivity (Wildman–Crippen MR) is 65.4 cm³/mol. The van der Waals surface area contributed by atoms with Crippen molar-refractivity contribution in [1.82, 2.24) is 5.32 Å². The van der Waals surface area contributed by atoms with E-state index in [4.69, 9.17) is 11.6 Å². The summed E-state index contributed by atoms with van der Waals surface area (Å²) in [6.45, 7) is 1.16. The topological polar surface area (TPSA) is 12.0 Å². The van der Waals surface area contributed by atoms with Crippen molar-refractivity contribution in [2.45, 2.75) is 38.1 Å². The molecule has 1 aromatic carbocycles. The van der Waals surface area contributed by atoms with E-state index in [9.17, 15) is 0 Å². The first kappa shape index (κ1) is 11.0. The fraction of sp³-hybridized carbons (Fsp3) is 0.538. The molecule has 1 aliphatic heterocycles. The van der Waals surface area contributed by atoms with Crippen LogP contribution in [-0.2, 0) is 6.42 Å². The highest BCUT2D eigenvalue weighted by Gasteiger charge is 2.12. The predicted octanol–water partition coefficient (Wildman–Crippen LogP) is 3.41. The molecule has 0 spiro atoms. The largest absolute Gasteiger partial charge is 0.314 e. The van der Waals surface area contributed by atoms with Crippen molar-refractivity contribution >= 4 is 11.6 Å². The number of hydrogen-bond donors (Lipinski definition) is 1. The van der Waals surface area contributed by atoms with Crippen molar-refractivity contribution in [3.05, 3.63) is 34.9 Å². The van der Waals surface area contributed by atoms with Crippen molar-refractivity contribution in [3.63, 3.8) is 0 Å². The third-order valence-corrected chi connectivity index (χ3v) is 3.46. The summed E-state index contributed by atoms with van der Waals surface area (Å²) in [6, 6.07) is 8.79. The van der Waals surface area contributed by atoms with Gasteiger partial charge in [0.1, 0.15) is 0 Å². The van der Waals surface area contributed by atoms with Gasteiger partial charge in [-0.05, 0) is 37.4 Å². The van der Waals surface area contributed by atoms with Crippen LogP contribution in [0.5, 0.6) is 0 Å². The van der Waals surface area contributed by atoms with Crippen LogP contribution in [0.25, 0.3) is 0 Å². The third-order valence-electron chi connectivity index (χ3n) is 3.09. The lowest BCUT2D eigenvalue weighted by Crippen LogP contribution is -2.30. The minimum atomic E-state index is 0.618. The first-order valence-corrected chi connectivity index (χ1v) is 6.21. The molecule has 1 nitrogen and oxygen atoms in total. The number of halogens is 1. The molecule has 0 aromatic heterocycles. The lowest BCUT2D eigenvalue weighted by Gasteiger charge is -2.16. The van der Waals surface area contributed by atoms with Gasteiger partial charge in [0, 0.05) is 11.1 Å². The van der Waals surface area contributed by atoms with Gasteiger partial charge in [-0.1, -0.05) is 42.6 Å². The zero-order valence-electron chi connectivity index (χ0n) is 9.01. The second-order valence-electron chi connectivity index (χ2n) is 4.30. The number of nitrogens with one attached hydrogen (secondary N) is 1. The van der Waals surface area contributed by atoms with Crippen LogP contribution in [-0.4, -0.2) is 12.6 Å². The monoisotopic (exact) mass is 223 g/mol. The van der Waals surface area contributed by atoms with Crippen LogP contribution >= 0.6 is 11.6 Å². The number of hydrogen-bond acceptors (Lipinski definition) is 1. The Labute approximate surface area is 96.8 Å². The van der Waals surface area contributed by atoms with E-state index in [0.29, 0.717) is 6.04 Å². The van der Waals surface area contributed by atoms with Gasteiger partial charge in [-0.25, -0.2) is 0 Å². The summed E-state index contributed by atoms with van der Waals surface area (Å²) in [5, 5.41) is 4.50. The molecule has 82 valence electrons. The highest BCUT2D eigenvalue weighted by Crippen LogP contribution is 2.19. The maximum Gasteiger partial charge on any atom is 0.0438 e. The molecule has 0 radical (unpaired) electrons. The Hall–Kier alpha value is -0.530. The zero-order chi connectivity index (χ0) is 10.5. The molecule has 1 heterocycles. The molecule has 0 amide bonds. The summed E-state index contributed by atoms with van der Waals surface area (Å²) in [4.78, 5) is 0. The molecular weight excluding hydrogens is 206 g/mol. The van der Waals surface area contributed by atoms with E-state index in [1.807, 2.05) is 12.1 Å². The summed E-state index contributed by atoms with van der Waals surface area (Å²) >= 11 is 6.16. The molecule has 0 unspecified atom stereocenters. The molecular formula is C13H18ClN. The highest BCUT2D eigenvalue weighted by atomic mass is 35.5. The number of benzene rings is 1. The molecule has 1 aliphatic rings. The Morgan fingerprint density at radius 1 is 1.20 bits per heavy atom. The minimum Gasteiger partial charge on any atom is -0.314 e. The molecule has 2 rings (SSSR count). The molecule has 1 aromatic rings. The second-order valence-corrected chi connectivity index (χ2v) is 4.70. The Morgan fingerprint density at radius 2 is 2.07 bits per heavy atom. The average molecular weight is 224 g/mol. The zero-order valence-corrected chi connectivity index (χ0v) is 9.76. The summed E-state index contributed by atoms with van der Waals surface area (Å²) in [6.07, 6.45) is 6.39. The minimum absolute atomic E-state index is 0.618. The molecule has 0 bridgehead atoms. The van der Waals surface area contributed by atoms with E-state index >= 15 is 0 Å². The summed E-state index contributed by atoms with van der Waals surface area (Å²) in [5.74, 6) is 0. The fourth-order valence-electron chi connectivity index (χ4n) is 2.20. The quantitative estimate of drug-likeness (QED) is 0.810. The van der Waals surface area contributed by atoms with Crippen LogP contribution in [0.15, 0.2) is 24.3 Å². The average Bonchev–Trinajstić information content (AvgIpc) is 2.50. The van der Waals surface area contributed by atoms with Crippen molar-refractivity contribution in [2.24, 2.45) is 0 Å². The molecule has 1 saturated heterocycles. The van der Waals surface area contributed by atoms with Crippen LogP contribution in [0, 0.1) is 0 Å². The normalized spacial score (nSPS) is 22.3. The van der Waals surface area contributed by atoms with Crippen LogP contribution in [0.4, 0.5) is 0 Å². The lowest BCUT2D eigenvalue weighted by atomic mass is 10.0. The molecule has 1 fully saturated rings. The highest BCUT2D eigenvalue weighted by molar-refractivity contribution is 6.31. The Bertz CT molecular complexity index is 303. The van der Waals surface area contributed by atoms with Crippen LogP contribution < -0.4 is 5.32 Å². The van der Waals surface area contributed by atoms with Crippen molar-refractivity contribution < 1.29 is 0 Å². The van der Waals surface area contributed by atoms with Gasteiger partial charge in [0.25, 0.3) is 0 Å². The van der Waals surface area contributed by atoms with E-state index in [-0.39, 0.29) is 0 Å². The third kappa shape index (κ3) is 3.22. The Balaban J connectivity index is 1.98. The van der Waals surface area contributed by atoms with Gasteiger partial charge in [0.05, 0.1) is 0 Å². The molecule has 1 N–H and O–H groups in total.